The quantitative estimate of drug-likeness (QED) is 0.698. The molecular formula is C21H28BrNO2. The molecule has 0 spiro atoms. The SMILES string of the molecule is CBr.CN(C)CC1(C)COC(c2ccccc2)(c2ccccc2)OC1. The molecule has 1 fully saturated rings. The first-order valence-corrected chi connectivity index (χ1v) is 10.0. The zero-order valence-electron chi connectivity index (χ0n) is 15.5. The van der Waals surface area contributed by atoms with E-state index in [4.69, 9.17) is 9.47 Å². The van der Waals surface area contributed by atoms with Crippen LogP contribution in [0.1, 0.15) is 18.1 Å². The molecule has 1 aliphatic heterocycles. The molecule has 3 nitrogen and oxygen atoms in total. The van der Waals surface area contributed by atoms with Crippen molar-refractivity contribution in [1.82, 2.24) is 4.90 Å². The van der Waals surface area contributed by atoms with Gasteiger partial charge in [-0.05, 0) is 19.9 Å². The summed E-state index contributed by atoms with van der Waals surface area (Å²) in [7, 11) is 4.17. The number of benzene rings is 2. The summed E-state index contributed by atoms with van der Waals surface area (Å²) in [6.07, 6.45) is 0. The minimum atomic E-state index is -0.811. The van der Waals surface area contributed by atoms with E-state index < -0.39 is 5.79 Å². The van der Waals surface area contributed by atoms with Crippen molar-refractivity contribution in [3.63, 3.8) is 0 Å². The van der Waals surface area contributed by atoms with Gasteiger partial charge in [0.2, 0.25) is 5.79 Å². The molecule has 1 aliphatic rings. The Kier molecular flexibility index (Phi) is 7.20. The van der Waals surface area contributed by atoms with Crippen LogP contribution in [0.25, 0.3) is 0 Å². The lowest BCUT2D eigenvalue weighted by Crippen LogP contribution is -2.50. The zero-order valence-corrected chi connectivity index (χ0v) is 17.1. The number of halogens is 1. The average molecular weight is 406 g/mol. The Morgan fingerprint density at radius 1 is 0.840 bits per heavy atom. The molecule has 2 aromatic rings. The van der Waals surface area contributed by atoms with Gasteiger partial charge in [-0.15, -0.1) is 0 Å². The number of hydrogen-bond acceptors (Lipinski definition) is 3. The molecular weight excluding hydrogens is 378 g/mol. The maximum absolute atomic E-state index is 6.41. The summed E-state index contributed by atoms with van der Waals surface area (Å²) in [6, 6.07) is 20.4. The Morgan fingerprint density at radius 2 is 1.24 bits per heavy atom. The Morgan fingerprint density at radius 3 is 1.60 bits per heavy atom. The van der Waals surface area contributed by atoms with Crippen molar-refractivity contribution in [2.45, 2.75) is 12.7 Å². The van der Waals surface area contributed by atoms with Crippen molar-refractivity contribution in [3.8, 4) is 0 Å². The van der Waals surface area contributed by atoms with Crippen molar-refractivity contribution >= 4 is 15.9 Å². The molecule has 0 amide bonds. The van der Waals surface area contributed by atoms with Crippen molar-refractivity contribution in [1.29, 1.82) is 0 Å². The van der Waals surface area contributed by atoms with Gasteiger partial charge in [0.25, 0.3) is 0 Å². The maximum Gasteiger partial charge on any atom is 0.222 e. The monoisotopic (exact) mass is 405 g/mol. The Balaban J connectivity index is 0.00000109. The Bertz CT molecular complexity index is 581. The fourth-order valence-electron chi connectivity index (χ4n) is 3.30. The normalized spacial score (nSPS) is 18.3. The summed E-state index contributed by atoms with van der Waals surface area (Å²) in [5.74, 6) is 1.00. The van der Waals surface area contributed by atoms with Crippen LogP contribution in [0.3, 0.4) is 0 Å². The average Bonchev–Trinajstić information content (AvgIpc) is 2.65. The van der Waals surface area contributed by atoms with Gasteiger partial charge in [0.15, 0.2) is 0 Å². The van der Waals surface area contributed by atoms with Gasteiger partial charge in [0, 0.05) is 23.1 Å². The van der Waals surface area contributed by atoms with Gasteiger partial charge in [0.1, 0.15) is 0 Å². The molecule has 136 valence electrons. The fraction of sp³-hybridized carbons (Fsp3) is 0.429. The fourth-order valence-corrected chi connectivity index (χ4v) is 3.30. The van der Waals surface area contributed by atoms with Crippen LogP contribution in [-0.4, -0.2) is 44.6 Å². The summed E-state index contributed by atoms with van der Waals surface area (Å²) >= 11 is 2.94. The molecule has 0 N–H and O–H groups in total. The molecule has 0 aliphatic carbocycles. The van der Waals surface area contributed by atoms with E-state index >= 15 is 0 Å². The predicted octanol–water partition coefficient (Wildman–Crippen LogP) is 4.51. The molecule has 25 heavy (non-hydrogen) atoms. The lowest BCUT2D eigenvalue weighted by atomic mass is 9.88. The van der Waals surface area contributed by atoms with Crippen LogP contribution in [0.5, 0.6) is 0 Å². The van der Waals surface area contributed by atoms with Crippen molar-refractivity contribution in [2.24, 2.45) is 5.41 Å². The van der Waals surface area contributed by atoms with Crippen LogP contribution in [0.4, 0.5) is 0 Å². The van der Waals surface area contributed by atoms with Gasteiger partial charge < -0.3 is 14.4 Å². The Hall–Kier alpha value is -1.20. The van der Waals surface area contributed by atoms with Crippen LogP contribution in [-0.2, 0) is 15.3 Å². The van der Waals surface area contributed by atoms with Crippen LogP contribution in [0.2, 0.25) is 0 Å². The Labute approximate surface area is 160 Å². The summed E-state index contributed by atoms with van der Waals surface area (Å²) in [4.78, 5) is 2.19. The zero-order chi connectivity index (χ0) is 18.3. The lowest BCUT2D eigenvalue weighted by Gasteiger charge is -2.46. The molecule has 1 heterocycles. The lowest BCUT2D eigenvalue weighted by molar-refractivity contribution is -0.288. The molecule has 3 rings (SSSR count). The third-order valence-electron chi connectivity index (χ3n) is 4.25. The second-order valence-corrected chi connectivity index (χ2v) is 6.97. The number of rotatable bonds is 4. The molecule has 2 aromatic carbocycles. The van der Waals surface area contributed by atoms with Gasteiger partial charge in [-0.3, -0.25) is 0 Å². The van der Waals surface area contributed by atoms with E-state index in [1.807, 2.05) is 42.2 Å². The van der Waals surface area contributed by atoms with Crippen LogP contribution in [0.15, 0.2) is 60.7 Å². The highest BCUT2D eigenvalue weighted by molar-refractivity contribution is 9.08. The molecule has 0 atom stereocenters. The molecule has 0 bridgehead atoms. The van der Waals surface area contributed by atoms with Crippen molar-refractivity contribution < 1.29 is 9.47 Å². The molecule has 4 heteroatoms. The highest BCUT2D eigenvalue weighted by Gasteiger charge is 2.45. The largest absolute Gasteiger partial charge is 0.341 e. The maximum atomic E-state index is 6.41. The first kappa shape index (κ1) is 20.1. The second kappa shape index (κ2) is 8.95. The third-order valence-corrected chi connectivity index (χ3v) is 4.25. The topological polar surface area (TPSA) is 21.7 Å². The number of nitrogens with zero attached hydrogens (tertiary/aromatic N) is 1. The van der Waals surface area contributed by atoms with Gasteiger partial charge in [-0.1, -0.05) is 83.5 Å². The molecule has 0 unspecified atom stereocenters. The highest BCUT2D eigenvalue weighted by Crippen LogP contribution is 2.41. The van der Waals surface area contributed by atoms with E-state index in [0.29, 0.717) is 13.2 Å². The summed E-state index contributed by atoms with van der Waals surface area (Å²) < 4.78 is 12.8. The number of hydrogen-bond donors (Lipinski definition) is 0. The van der Waals surface area contributed by atoms with E-state index in [0.717, 1.165) is 17.7 Å². The van der Waals surface area contributed by atoms with E-state index in [-0.39, 0.29) is 5.41 Å². The first-order valence-electron chi connectivity index (χ1n) is 8.46. The molecule has 0 radical (unpaired) electrons. The summed E-state index contributed by atoms with van der Waals surface area (Å²) in [5, 5.41) is 0. The van der Waals surface area contributed by atoms with E-state index in [2.05, 4.69) is 66.1 Å². The predicted molar refractivity (Wildman–Crippen MR) is 107 cm³/mol. The minimum absolute atomic E-state index is 0.00341. The molecule has 0 saturated carbocycles. The van der Waals surface area contributed by atoms with Crippen LogP contribution in [0, 0.1) is 5.41 Å². The summed E-state index contributed by atoms with van der Waals surface area (Å²) in [5.41, 5.74) is 2.08. The smallest absolute Gasteiger partial charge is 0.222 e. The van der Waals surface area contributed by atoms with Crippen LogP contribution >= 0.6 is 15.9 Å². The van der Waals surface area contributed by atoms with Gasteiger partial charge >= 0.3 is 0 Å². The van der Waals surface area contributed by atoms with Crippen molar-refractivity contribution in [3.05, 3.63) is 71.8 Å². The first-order chi connectivity index (χ1) is 12.0. The van der Waals surface area contributed by atoms with Gasteiger partial charge in [0.05, 0.1) is 13.2 Å². The minimum Gasteiger partial charge on any atom is -0.341 e. The van der Waals surface area contributed by atoms with E-state index in [1.165, 1.54) is 0 Å². The third kappa shape index (κ3) is 4.70. The van der Waals surface area contributed by atoms with Crippen molar-refractivity contribution in [2.75, 3.05) is 39.7 Å². The van der Waals surface area contributed by atoms with Gasteiger partial charge in [-0.25, -0.2) is 0 Å². The van der Waals surface area contributed by atoms with Crippen LogP contribution < -0.4 is 0 Å². The standard InChI is InChI=1S/C20H25NO2.CH3Br/c1-19(14-21(2)3)15-22-20(23-16-19,17-10-6-4-7-11-17)18-12-8-5-9-13-18;1-2/h4-13H,14-16H2,1-3H3;1H3. The molecule has 1 saturated heterocycles. The van der Waals surface area contributed by atoms with E-state index in [9.17, 15) is 0 Å². The number of ether oxygens (including phenoxy) is 2. The highest BCUT2D eigenvalue weighted by atomic mass is 79.9. The summed E-state index contributed by atoms with van der Waals surface area (Å²) in [6.45, 7) is 4.48. The van der Waals surface area contributed by atoms with E-state index in [1.54, 1.807) is 0 Å². The molecule has 0 aromatic heterocycles. The van der Waals surface area contributed by atoms with Gasteiger partial charge in [-0.2, -0.15) is 0 Å². The number of alkyl halides is 1. The second-order valence-electron chi connectivity index (χ2n) is 6.97.